The highest BCUT2D eigenvalue weighted by Gasteiger charge is 2.12. The molecule has 1 amide bonds. The van der Waals surface area contributed by atoms with Gasteiger partial charge in [-0.2, -0.15) is 5.10 Å². The minimum absolute atomic E-state index is 0.223. The summed E-state index contributed by atoms with van der Waals surface area (Å²) in [6.07, 6.45) is 1.52. The summed E-state index contributed by atoms with van der Waals surface area (Å²) in [5, 5.41) is 13.1. The molecule has 0 atom stereocenters. The van der Waals surface area contributed by atoms with Gasteiger partial charge in [-0.1, -0.05) is 54.6 Å². The van der Waals surface area contributed by atoms with Crippen molar-refractivity contribution in [3.05, 3.63) is 125 Å². The van der Waals surface area contributed by atoms with Crippen molar-refractivity contribution in [2.24, 2.45) is 5.10 Å². The molecule has 39 heavy (non-hydrogen) atoms. The van der Waals surface area contributed by atoms with Gasteiger partial charge in [0.15, 0.2) is 11.5 Å². The molecule has 0 heterocycles. The molecule has 0 unspecified atom stereocenters. The van der Waals surface area contributed by atoms with Crippen molar-refractivity contribution in [3.8, 4) is 17.2 Å². The number of amides is 1. The van der Waals surface area contributed by atoms with Gasteiger partial charge in [0.05, 0.1) is 18.4 Å². The second kappa shape index (κ2) is 13.4. The van der Waals surface area contributed by atoms with Crippen LogP contribution in [-0.4, -0.2) is 29.8 Å². The lowest BCUT2D eigenvalue weighted by Gasteiger charge is -2.13. The molecular formula is C31H28N2O6. The van der Waals surface area contributed by atoms with Crippen molar-refractivity contribution in [1.82, 2.24) is 5.43 Å². The van der Waals surface area contributed by atoms with Crippen LogP contribution in [0.4, 0.5) is 0 Å². The second-order valence-electron chi connectivity index (χ2n) is 8.43. The van der Waals surface area contributed by atoms with Crippen LogP contribution in [0.25, 0.3) is 0 Å². The standard InChI is InChI=1S/C31H28N2O6/c1-2-37-29-18-26(15-16-28(29)39-21-22-7-4-3-5-8-22)30(34)33-32-19-24-9-6-10-27(17-24)38-20-23-11-13-25(14-12-23)31(35)36/h3-19H,2,20-21H2,1H3,(H,33,34)(H,35,36)/b32-19+. The minimum atomic E-state index is -0.971. The molecule has 0 saturated carbocycles. The van der Waals surface area contributed by atoms with Crippen LogP contribution in [0.2, 0.25) is 0 Å². The Bertz CT molecular complexity index is 1440. The van der Waals surface area contributed by atoms with Crippen LogP contribution >= 0.6 is 0 Å². The van der Waals surface area contributed by atoms with Gasteiger partial charge in [-0.3, -0.25) is 4.79 Å². The summed E-state index contributed by atoms with van der Waals surface area (Å²) in [7, 11) is 0. The zero-order valence-electron chi connectivity index (χ0n) is 21.4. The number of carbonyl (C=O) groups excluding carboxylic acids is 1. The Hall–Kier alpha value is -5.11. The van der Waals surface area contributed by atoms with Gasteiger partial charge in [-0.15, -0.1) is 0 Å². The smallest absolute Gasteiger partial charge is 0.335 e. The number of carbonyl (C=O) groups is 2. The first kappa shape index (κ1) is 26.9. The molecule has 8 nitrogen and oxygen atoms in total. The highest BCUT2D eigenvalue weighted by Crippen LogP contribution is 2.29. The maximum atomic E-state index is 12.7. The van der Waals surface area contributed by atoms with Gasteiger partial charge in [0.25, 0.3) is 5.91 Å². The van der Waals surface area contributed by atoms with Crippen LogP contribution in [0.1, 0.15) is 44.3 Å². The van der Waals surface area contributed by atoms with Gasteiger partial charge in [0.1, 0.15) is 19.0 Å². The fourth-order valence-electron chi connectivity index (χ4n) is 3.60. The maximum Gasteiger partial charge on any atom is 0.335 e. The molecule has 4 aromatic carbocycles. The summed E-state index contributed by atoms with van der Waals surface area (Å²) >= 11 is 0. The molecule has 0 radical (unpaired) electrons. The van der Waals surface area contributed by atoms with E-state index in [0.29, 0.717) is 36.0 Å². The van der Waals surface area contributed by atoms with Crippen LogP contribution in [0, 0.1) is 0 Å². The van der Waals surface area contributed by atoms with Crippen molar-refractivity contribution in [2.45, 2.75) is 20.1 Å². The molecule has 4 aromatic rings. The highest BCUT2D eigenvalue weighted by molar-refractivity contribution is 5.95. The van der Waals surface area contributed by atoms with Crippen molar-refractivity contribution in [2.75, 3.05) is 6.61 Å². The van der Waals surface area contributed by atoms with Gasteiger partial charge in [0, 0.05) is 5.56 Å². The third kappa shape index (κ3) is 7.93. The number of hydrogen-bond donors (Lipinski definition) is 2. The molecule has 0 saturated heterocycles. The number of benzene rings is 4. The molecule has 0 aliphatic carbocycles. The lowest BCUT2D eigenvalue weighted by atomic mass is 10.1. The summed E-state index contributed by atoms with van der Waals surface area (Å²) in [5.74, 6) is 0.281. The van der Waals surface area contributed by atoms with Gasteiger partial charge in [-0.05, 0) is 66.1 Å². The van der Waals surface area contributed by atoms with E-state index in [4.69, 9.17) is 19.3 Å². The Balaban J connectivity index is 1.33. The van der Waals surface area contributed by atoms with Crippen LogP contribution in [0.5, 0.6) is 17.2 Å². The number of aromatic carboxylic acids is 1. The fourth-order valence-corrected chi connectivity index (χ4v) is 3.60. The molecule has 0 aromatic heterocycles. The summed E-state index contributed by atoms with van der Waals surface area (Å²) < 4.78 is 17.4. The van der Waals surface area contributed by atoms with Crippen molar-refractivity contribution < 1.29 is 28.9 Å². The average molecular weight is 525 g/mol. The Kier molecular flexibility index (Phi) is 9.28. The molecular weight excluding hydrogens is 496 g/mol. The van der Waals surface area contributed by atoms with Crippen LogP contribution in [0.15, 0.2) is 102 Å². The number of hydrogen-bond acceptors (Lipinski definition) is 6. The van der Waals surface area contributed by atoms with Gasteiger partial charge < -0.3 is 19.3 Å². The Labute approximate surface area is 226 Å². The first-order valence-electron chi connectivity index (χ1n) is 12.3. The van der Waals surface area contributed by atoms with E-state index < -0.39 is 5.97 Å². The zero-order valence-corrected chi connectivity index (χ0v) is 21.4. The molecule has 4 rings (SSSR count). The van der Waals surface area contributed by atoms with Gasteiger partial charge in [-0.25, -0.2) is 10.2 Å². The topological polar surface area (TPSA) is 106 Å². The van der Waals surface area contributed by atoms with E-state index in [1.807, 2.05) is 49.4 Å². The lowest BCUT2D eigenvalue weighted by Crippen LogP contribution is -2.17. The summed E-state index contributed by atoms with van der Waals surface area (Å²) in [5.41, 5.74) is 5.74. The number of ether oxygens (including phenoxy) is 3. The number of carboxylic acids is 1. The Morgan fingerprint density at radius 2 is 1.49 bits per heavy atom. The number of hydrazone groups is 1. The van der Waals surface area contributed by atoms with Gasteiger partial charge in [0.2, 0.25) is 0 Å². The van der Waals surface area contributed by atoms with Crippen LogP contribution in [-0.2, 0) is 13.2 Å². The number of nitrogens with zero attached hydrogens (tertiary/aromatic N) is 1. The van der Waals surface area contributed by atoms with E-state index in [0.717, 1.165) is 16.7 Å². The summed E-state index contributed by atoms with van der Waals surface area (Å²) in [4.78, 5) is 23.7. The van der Waals surface area contributed by atoms with E-state index in [1.54, 1.807) is 42.5 Å². The fraction of sp³-hybridized carbons (Fsp3) is 0.129. The molecule has 198 valence electrons. The van der Waals surface area contributed by atoms with Crippen molar-refractivity contribution in [1.29, 1.82) is 0 Å². The zero-order chi connectivity index (χ0) is 27.5. The van der Waals surface area contributed by atoms with E-state index >= 15 is 0 Å². The first-order chi connectivity index (χ1) is 19.0. The molecule has 2 N–H and O–H groups in total. The Morgan fingerprint density at radius 3 is 2.23 bits per heavy atom. The average Bonchev–Trinajstić information content (AvgIpc) is 2.96. The summed E-state index contributed by atoms with van der Waals surface area (Å²) in [6, 6.07) is 28.5. The van der Waals surface area contributed by atoms with Crippen molar-refractivity contribution in [3.63, 3.8) is 0 Å². The predicted octanol–water partition coefficient (Wildman–Crippen LogP) is 5.71. The minimum Gasteiger partial charge on any atom is -0.490 e. The predicted molar refractivity (Wildman–Crippen MR) is 148 cm³/mol. The van der Waals surface area contributed by atoms with E-state index in [1.165, 1.54) is 18.3 Å². The second-order valence-corrected chi connectivity index (χ2v) is 8.43. The first-order valence-corrected chi connectivity index (χ1v) is 12.3. The van der Waals surface area contributed by atoms with E-state index in [2.05, 4.69) is 10.5 Å². The molecule has 0 aliphatic heterocycles. The Morgan fingerprint density at radius 1 is 0.769 bits per heavy atom. The third-order valence-electron chi connectivity index (χ3n) is 5.59. The maximum absolute atomic E-state index is 12.7. The number of carboxylic acid groups (broad SMARTS) is 1. The monoisotopic (exact) mass is 524 g/mol. The summed E-state index contributed by atoms with van der Waals surface area (Å²) in [6.45, 7) is 2.96. The van der Waals surface area contributed by atoms with E-state index in [-0.39, 0.29) is 18.1 Å². The van der Waals surface area contributed by atoms with Crippen LogP contribution in [0.3, 0.4) is 0 Å². The lowest BCUT2D eigenvalue weighted by molar-refractivity contribution is 0.0696. The molecule has 0 bridgehead atoms. The van der Waals surface area contributed by atoms with Gasteiger partial charge >= 0.3 is 5.97 Å². The SMILES string of the molecule is CCOc1cc(C(=O)N/N=C/c2cccc(OCc3ccc(C(=O)O)cc3)c2)ccc1OCc1ccccc1. The molecule has 0 aliphatic rings. The number of nitrogens with one attached hydrogen (secondary N) is 1. The highest BCUT2D eigenvalue weighted by atomic mass is 16.5. The third-order valence-corrected chi connectivity index (χ3v) is 5.59. The molecule has 0 fully saturated rings. The van der Waals surface area contributed by atoms with Crippen LogP contribution < -0.4 is 19.6 Å². The van der Waals surface area contributed by atoms with E-state index in [9.17, 15) is 9.59 Å². The largest absolute Gasteiger partial charge is 0.490 e. The normalized spacial score (nSPS) is 10.7. The quantitative estimate of drug-likeness (QED) is 0.182. The van der Waals surface area contributed by atoms with Crippen molar-refractivity contribution >= 4 is 18.1 Å². The number of rotatable bonds is 12. The molecule has 8 heteroatoms. The molecule has 0 spiro atoms.